The van der Waals surface area contributed by atoms with E-state index in [1.165, 1.54) is 10.6 Å². The van der Waals surface area contributed by atoms with E-state index in [4.69, 9.17) is 11.6 Å². The van der Waals surface area contributed by atoms with Crippen LogP contribution in [0.15, 0.2) is 77.6 Å². The molecule has 132 valence electrons. The minimum absolute atomic E-state index is 0.0774. The summed E-state index contributed by atoms with van der Waals surface area (Å²) >= 11 is 6.22. The standard InChI is InChI=1S/C22H15ClN2O2/c23-19-10-3-1-6-15(19)12-13-21-24-20-11-4-2-9-18(20)22(27)25(21)16-7-5-8-17(26)14-16/h1-14,26H/b13-12+. The van der Waals surface area contributed by atoms with Crippen LogP contribution in [0.3, 0.4) is 0 Å². The molecule has 1 N–H and O–H groups in total. The fourth-order valence-electron chi connectivity index (χ4n) is 2.92. The summed E-state index contributed by atoms with van der Waals surface area (Å²) in [6, 6.07) is 21.2. The van der Waals surface area contributed by atoms with Crippen LogP contribution in [0, 0.1) is 0 Å². The zero-order valence-corrected chi connectivity index (χ0v) is 15.0. The van der Waals surface area contributed by atoms with Crippen molar-refractivity contribution < 1.29 is 5.11 Å². The van der Waals surface area contributed by atoms with Crippen molar-refractivity contribution in [3.05, 3.63) is 99.6 Å². The zero-order valence-electron chi connectivity index (χ0n) is 14.2. The number of benzene rings is 3. The molecule has 3 aromatic carbocycles. The Balaban J connectivity index is 1.97. The first-order chi connectivity index (χ1) is 13.1. The van der Waals surface area contributed by atoms with Gasteiger partial charge in [0.1, 0.15) is 11.6 Å². The summed E-state index contributed by atoms with van der Waals surface area (Å²) in [6.45, 7) is 0. The van der Waals surface area contributed by atoms with Gasteiger partial charge in [0.2, 0.25) is 0 Å². The first-order valence-electron chi connectivity index (χ1n) is 8.37. The maximum atomic E-state index is 13.1. The third kappa shape index (κ3) is 3.35. The fraction of sp³-hybridized carbons (Fsp3) is 0. The third-order valence-electron chi connectivity index (χ3n) is 4.21. The van der Waals surface area contributed by atoms with Crippen LogP contribution in [-0.2, 0) is 0 Å². The van der Waals surface area contributed by atoms with Crippen LogP contribution >= 0.6 is 11.6 Å². The number of hydrogen-bond acceptors (Lipinski definition) is 3. The molecule has 0 fully saturated rings. The maximum Gasteiger partial charge on any atom is 0.266 e. The first-order valence-corrected chi connectivity index (χ1v) is 8.75. The number of phenolic OH excluding ortho intramolecular Hbond substituents is 1. The minimum atomic E-state index is -0.204. The van der Waals surface area contributed by atoms with Crippen molar-refractivity contribution in [2.75, 3.05) is 0 Å². The van der Waals surface area contributed by atoms with E-state index >= 15 is 0 Å². The van der Waals surface area contributed by atoms with Crippen molar-refractivity contribution in [2.45, 2.75) is 0 Å². The van der Waals surface area contributed by atoms with E-state index in [-0.39, 0.29) is 11.3 Å². The Morgan fingerprint density at radius 3 is 2.52 bits per heavy atom. The highest BCUT2D eigenvalue weighted by atomic mass is 35.5. The van der Waals surface area contributed by atoms with Gasteiger partial charge in [0.15, 0.2) is 0 Å². The highest BCUT2D eigenvalue weighted by molar-refractivity contribution is 6.32. The van der Waals surface area contributed by atoms with Gasteiger partial charge in [-0.1, -0.05) is 48.0 Å². The number of rotatable bonds is 3. The minimum Gasteiger partial charge on any atom is -0.508 e. The third-order valence-corrected chi connectivity index (χ3v) is 4.55. The van der Waals surface area contributed by atoms with E-state index in [1.54, 1.807) is 48.5 Å². The van der Waals surface area contributed by atoms with E-state index in [0.717, 1.165) is 5.56 Å². The summed E-state index contributed by atoms with van der Waals surface area (Å²) in [7, 11) is 0. The van der Waals surface area contributed by atoms with Crippen LogP contribution in [0.4, 0.5) is 0 Å². The number of halogens is 1. The molecule has 0 bridgehead atoms. The number of aromatic hydroxyl groups is 1. The summed E-state index contributed by atoms with van der Waals surface area (Å²) in [5.41, 5.74) is 1.77. The molecule has 0 saturated heterocycles. The number of hydrogen-bond donors (Lipinski definition) is 1. The van der Waals surface area contributed by atoms with Crippen LogP contribution < -0.4 is 5.56 Å². The molecule has 0 aliphatic heterocycles. The first kappa shape index (κ1) is 17.1. The molecule has 4 aromatic rings. The zero-order chi connectivity index (χ0) is 18.8. The molecule has 27 heavy (non-hydrogen) atoms. The second-order valence-corrected chi connectivity index (χ2v) is 6.41. The van der Waals surface area contributed by atoms with Gasteiger partial charge in [-0.05, 0) is 48.0 Å². The van der Waals surface area contributed by atoms with E-state index in [9.17, 15) is 9.90 Å². The summed E-state index contributed by atoms with van der Waals surface area (Å²) in [5, 5.41) is 11.0. The smallest absolute Gasteiger partial charge is 0.266 e. The number of para-hydroxylation sites is 1. The lowest BCUT2D eigenvalue weighted by Crippen LogP contribution is -2.22. The van der Waals surface area contributed by atoms with Crippen molar-refractivity contribution in [1.29, 1.82) is 0 Å². The predicted molar refractivity (Wildman–Crippen MR) is 109 cm³/mol. The van der Waals surface area contributed by atoms with Gasteiger partial charge in [0.05, 0.1) is 16.6 Å². The normalized spacial score (nSPS) is 11.3. The molecule has 0 spiro atoms. The Labute approximate surface area is 160 Å². The molecule has 0 aliphatic rings. The number of aromatic nitrogens is 2. The Morgan fingerprint density at radius 1 is 0.926 bits per heavy atom. The molecule has 0 saturated carbocycles. The lowest BCUT2D eigenvalue weighted by Gasteiger charge is -2.11. The molecular weight excluding hydrogens is 360 g/mol. The molecule has 0 aliphatic carbocycles. The average Bonchev–Trinajstić information content (AvgIpc) is 2.67. The highest BCUT2D eigenvalue weighted by Crippen LogP contribution is 2.20. The van der Waals surface area contributed by atoms with Crippen LogP contribution in [0.1, 0.15) is 11.4 Å². The summed E-state index contributed by atoms with van der Waals surface area (Å²) in [5.74, 6) is 0.526. The molecule has 1 aromatic heterocycles. The topological polar surface area (TPSA) is 55.1 Å². The Hall–Kier alpha value is -3.37. The predicted octanol–water partition coefficient (Wildman–Crippen LogP) is 4.92. The Bertz CT molecular complexity index is 1230. The number of fused-ring (bicyclic) bond motifs is 1. The van der Waals surface area contributed by atoms with E-state index in [0.29, 0.717) is 27.4 Å². The molecule has 0 radical (unpaired) electrons. The summed E-state index contributed by atoms with van der Waals surface area (Å²) < 4.78 is 1.48. The molecule has 1 heterocycles. The van der Waals surface area contributed by atoms with Crippen LogP contribution in [-0.4, -0.2) is 14.7 Å². The van der Waals surface area contributed by atoms with Gasteiger partial charge < -0.3 is 5.11 Å². The highest BCUT2D eigenvalue weighted by Gasteiger charge is 2.11. The van der Waals surface area contributed by atoms with Crippen molar-refractivity contribution in [3.63, 3.8) is 0 Å². The molecule has 0 atom stereocenters. The van der Waals surface area contributed by atoms with Crippen molar-refractivity contribution in [3.8, 4) is 11.4 Å². The molecule has 0 amide bonds. The van der Waals surface area contributed by atoms with Gasteiger partial charge >= 0.3 is 0 Å². The second kappa shape index (κ2) is 7.09. The lowest BCUT2D eigenvalue weighted by molar-refractivity contribution is 0.475. The van der Waals surface area contributed by atoms with E-state index in [1.807, 2.05) is 30.3 Å². The molecule has 4 nitrogen and oxygen atoms in total. The fourth-order valence-corrected chi connectivity index (χ4v) is 3.12. The quantitative estimate of drug-likeness (QED) is 0.554. The Kier molecular flexibility index (Phi) is 4.48. The van der Waals surface area contributed by atoms with Gasteiger partial charge in [-0.15, -0.1) is 0 Å². The summed E-state index contributed by atoms with van der Waals surface area (Å²) in [4.78, 5) is 17.8. The van der Waals surface area contributed by atoms with Crippen LogP contribution in [0.25, 0.3) is 28.7 Å². The van der Waals surface area contributed by atoms with Crippen LogP contribution in [0.5, 0.6) is 5.75 Å². The van der Waals surface area contributed by atoms with Gasteiger partial charge in [0.25, 0.3) is 5.56 Å². The van der Waals surface area contributed by atoms with Gasteiger partial charge in [-0.2, -0.15) is 0 Å². The molecular formula is C22H15ClN2O2. The largest absolute Gasteiger partial charge is 0.508 e. The van der Waals surface area contributed by atoms with Crippen LogP contribution in [0.2, 0.25) is 5.02 Å². The van der Waals surface area contributed by atoms with Crippen molar-refractivity contribution in [1.82, 2.24) is 9.55 Å². The van der Waals surface area contributed by atoms with Gasteiger partial charge in [-0.3, -0.25) is 9.36 Å². The number of phenols is 1. The van der Waals surface area contributed by atoms with Gasteiger partial charge in [0, 0.05) is 11.1 Å². The second-order valence-electron chi connectivity index (χ2n) is 6.00. The molecule has 5 heteroatoms. The monoisotopic (exact) mass is 374 g/mol. The van der Waals surface area contributed by atoms with Crippen molar-refractivity contribution in [2.24, 2.45) is 0 Å². The van der Waals surface area contributed by atoms with E-state index < -0.39 is 0 Å². The maximum absolute atomic E-state index is 13.1. The SMILES string of the molecule is O=c1c2ccccc2nc(/C=C/c2ccccc2Cl)n1-c1cccc(O)c1. The van der Waals surface area contributed by atoms with Crippen molar-refractivity contribution >= 4 is 34.7 Å². The number of nitrogens with zero attached hydrogens (tertiary/aromatic N) is 2. The Morgan fingerprint density at radius 2 is 1.70 bits per heavy atom. The average molecular weight is 375 g/mol. The van der Waals surface area contributed by atoms with Gasteiger partial charge in [-0.25, -0.2) is 4.98 Å². The lowest BCUT2D eigenvalue weighted by atomic mass is 10.2. The summed E-state index contributed by atoms with van der Waals surface area (Å²) in [6.07, 6.45) is 3.57. The molecule has 0 unspecified atom stereocenters. The van der Waals surface area contributed by atoms with E-state index in [2.05, 4.69) is 4.98 Å². The molecule has 4 rings (SSSR count).